The third-order valence-corrected chi connectivity index (χ3v) is 2.28. The van der Waals surface area contributed by atoms with Gasteiger partial charge >= 0.3 is 0 Å². The van der Waals surface area contributed by atoms with Crippen LogP contribution in [-0.2, 0) is 4.74 Å². The Labute approximate surface area is 124 Å². The highest BCUT2D eigenvalue weighted by molar-refractivity contribution is 6.48. The highest BCUT2D eigenvalue weighted by Crippen LogP contribution is 2.21. The number of nitrogens with two attached hydrogens (primary N) is 2. The topological polar surface area (TPSA) is 129 Å². The second-order valence-corrected chi connectivity index (χ2v) is 3.73. The molecule has 0 radical (unpaired) electrons. The minimum Gasteiger partial charge on any atom is -0.506 e. The quantitative estimate of drug-likeness (QED) is 0.309. The lowest BCUT2D eigenvalue weighted by atomic mass is 10.1. The Kier molecular flexibility index (Phi) is 7.98. The molecule has 1 aliphatic carbocycles. The van der Waals surface area contributed by atoms with Crippen molar-refractivity contribution in [3.63, 3.8) is 0 Å². The Balaban J connectivity index is 0.000000342. The lowest BCUT2D eigenvalue weighted by molar-refractivity contribution is 0.307. The zero-order chi connectivity index (χ0) is 16.4. The van der Waals surface area contributed by atoms with Gasteiger partial charge in [0.05, 0.1) is 24.2 Å². The number of methoxy groups -OCH3 is 1. The SMILES string of the molecule is CC.COC1=CC(=N)C(=N)C=C1.Nc1ccc(N)c(O)c1. The van der Waals surface area contributed by atoms with Crippen LogP contribution in [-0.4, -0.2) is 23.6 Å². The van der Waals surface area contributed by atoms with Crippen LogP contribution < -0.4 is 11.5 Å². The maximum atomic E-state index is 8.90. The molecule has 6 nitrogen and oxygen atoms in total. The number of nitrogen functional groups attached to an aromatic ring is 2. The van der Waals surface area contributed by atoms with E-state index in [1.807, 2.05) is 13.8 Å². The van der Waals surface area contributed by atoms with Crippen LogP contribution in [0.2, 0.25) is 0 Å². The summed E-state index contributed by atoms with van der Waals surface area (Å²) >= 11 is 0. The number of benzene rings is 1. The highest BCUT2D eigenvalue weighted by atomic mass is 16.5. The van der Waals surface area contributed by atoms with Crippen LogP contribution in [0.25, 0.3) is 0 Å². The van der Waals surface area contributed by atoms with Gasteiger partial charge < -0.3 is 21.3 Å². The minimum absolute atomic E-state index is 0.0370. The maximum absolute atomic E-state index is 8.90. The molecule has 0 atom stereocenters. The number of nitrogens with one attached hydrogen (secondary N) is 2. The summed E-state index contributed by atoms with van der Waals surface area (Å²) in [4.78, 5) is 0. The average molecular weight is 290 g/mol. The van der Waals surface area contributed by atoms with Crippen molar-refractivity contribution in [2.24, 2.45) is 0 Å². The second-order valence-electron chi connectivity index (χ2n) is 3.73. The standard InChI is InChI=1S/C7H8N2O.C6H8N2O.C2H6/c1-10-5-2-3-6(8)7(9)4-5;7-4-1-2-5(8)6(9)3-4;1-2/h2-4,8-9H,1H3;1-3,9H,7-8H2;1-2H3. The van der Waals surface area contributed by atoms with Gasteiger partial charge in [0.2, 0.25) is 0 Å². The van der Waals surface area contributed by atoms with Crippen molar-refractivity contribution in [1.29, 1.82) is 10.8 Å². The van der Waals surface area contributed by atoms with E-state index in [1.165, 1.54) is 12.1 Å². The van der Waals surface area contributed by atoms with E-state index in [4.69, 9.17) is 32.1 Å². The Bertz CT molecular complexity index is 563. The van der Waals surface area contributed by atoms with Gasteiger partial charge in [0, 0.05) is 17.8 Å². The van der Waals surface area contributed by atoms with E-state index in [9.17, 15) is 0 Å². The molecule has 0 unspecified atom stereocenters. The number of ether oxygens (including phenoxy) is 1. The van der Waals surface area contributed by atoms with Gasteiger partial charge in [0.1, 0.15) is 11.5 Å². The number of phenols is 1. The van der Waals surface area contributed by atoms with E-state index in [0.29, 0.717) is 17.1 Å². The van der Waals surface area contributed by atoms with Crippen molar-refractivity contribution >= 4 is 22.8 Å². The van der Waals surface area contributed by atoms with E-state index in [1.54, 1.807) is 31.4 Å². The van der Waals surface area contributed by atoms with Crippen LogP contribution in [0.15, 0.2) is 42.2 Å². The molecule has 0 fully saturated rings. The Hall–Kier alpha value is -2.76. The van der Waals surface area contributed by atoms with E-state index in [-0.39, 0.29) is 17.2 Å². The van der Waals surface area contributed by atoms with Crippen LogP contribution in [0.1, 0.15) is 13.8 Å². The molecular weight excluding hydrogens is 268 g/mol. The van der Waals surface area contributed by atoms with Crippen LogP contribution >= 0.6 is 0 Å². The first-order chi connectivity index (χ1) is 9.93. The van der Waals surface area contributed by atoms with Gasteiger partial charge in [0.15, 0.2) is 0 Å². The number of hydrogen-bond donors (Lipinski definition) is 5. The lowest BCUT2D eigenvalue weighted by Gasteiger charge is -2.05. The van der Waals surface area contributed by atoms with Gasteiger partial charge in [-0.15, -0.1) is 0 Å². The zero-order valence-electron chi connectivity index (χ0n) is 12.5. The number of hydrogen-bond acceptors (Lipinski definition) is 6. The first-order valence-electron chi connectivity index (χ1n) is 6.39. The summed E-state index contributed by atoms with van der Waals surface area (Å²) in [7, 11) is 1.54. The smallest absolute Gasteiger partial charge is 0.140 e. The minimum atomic E-state index is 0.0370. The van der Waals surface area contributed by atoms with Crippen molar-refractivity contribution < 1.29 is 9.84 Å². The third kappa shape index (κ3) is 6.29. The summed E-state index contributed by atoms with van der Waals surface area (Å²) in [5.74, 6) is 0.663. The van der Waals surface area contributed by atoms with Crippen molar-refractivity contribution in [3.8, 4) is 5.75 Å². The van der Waals surface area contributed by atoms with Crippen molar-refractivity contribution in [1.82, 2.24) is 0 Å². The first kappa shape index (κ1) is 18.2. The molecule has 1 aliphatic rings. The monoisotopic (exact) mass is 290 g/mol. The molecule has 0 saturated heterocycles. The van der Waals surface area contributed by atoms with Gasteiger partial charge in [-0.1, -0.05) is 13.8 Å². The fourth-order valence-corrected chi connectivity index (χ4v) is 1.21. The van der Waals surface area contributed by atoms with Crippen molar-refractivity contribution in [2.45, 2.75) is 13.8 Å². The van der Waals surface area contributed by atoms with Crippen LogP contribution in [0, 0.1) is 10.8 Å². The second kappa shape index (κ2) is 9.19. The highest BCUT2D eigenvalue weighted by Gasteiger charge is 2.05. The molecule has 7 N–H and O–H groups in total. The molecule has 21 heavy (non-hydrogen) atoms. The summed E-state index contributed by atoms with van der Waals surface area (Å²) in [6.45, 7) is 4.00. The predicted octanol–water partition coefficient (Wildman–Crippen LogP) is 2.71. The average Bonchev–Trinajstić information content (AvgIpc) is 2.49. The molecule has 1 aromatic carbocycles. The van der Waals surface area contributed by atoms with E-state index < -0.39 is 0 Å². The molecule has 0 bridgehead atoms. The first-order valence-corrected chi connectivity index (χ1v) is 6.39. The summed E-state index contributed by atoms with van der Waals surface area (Å²) in [6.07, 6.45) is 4.73. The Morgan fingerprint density at radius 3 is 2.10 bits per heavy atom. The predicted molar refractivity (Wildman–Crippen MR) is 88.0 cm³/mol. The number of anilines is 2. The van der Waals surface area contributed by atoms with E-state index in [0.717, 1.165) is 0 Å². The zero-order valence-corrected chi connectivity index (χ0v) is 12.5. The number of rotatable bonds is 1. The Morgan fingerprint density at radius 2 is 1.67 bits per heavy atom. The number of aromatic hydroxyl groups is 1. The molecule has 0 amide bonds. The van der Waals surface area contributed by atoms with Crippen LogP contribution in [0.4, 0.5) is 11.4 Å². The number of phenolic OH excluding ortho intramolecular Hbond substituents is 1. The summed E-state index contributed by atoms with van der Waals surface area (Å²) in [5.41, 5.74) is 11.9. The molecule has 2 rings (SSSR count). The molecule has 114 valence electrons. The number of allylic oxidation sites excluding steroid dienone is 3. The normalized spacial score (nSPS) is 12.4. The molecular formula is C15H22N4O2. The molecule has 6 heteroatoms. The van der Waals surface area contributed by atoms with Gasteiger partial charge in [-0.05, 0) is 24.3 Å². The molecule has 0 heterocycles. The molecule has 1 aromatic rings. The van der Waals surface area contributed by atoms with Crippen molar-refractivity contribution in [3.05, 3.63) is 42.2 Å². The van der Waals surface area contributed by atoms with Gasteiger partial charge in [-0.3, -0.25) is 10.8 Å². The van der Waals surface area contributed by atoms with Gasteiger partial charge in [-0.2, -0.15) is 0 Å². The maximum Gasteiger partial charge on any atom is 0.140 e. The fraction of sp³-hybridized carbons (Fsp3) is 0.200. The molecule has 0 aromatic heterocycles. The van der Waals surface area contributed by atoms with Crippen LogP contribution in [0.5, 0.6) is 5.75 Å². The summed E-state index contributed by atoms with van der Waals surface area (Å²) in [5, 5.41) is 23.2. The van der Waals surface area contributed by atoms with Crippen LogP contribution in [0.3, 0.4) is 0 Å². The van der Waals surface area contributed by atoms with Gasteiger partial charge in [-0.25, -0.2) is 0 Å². The molecule has 0 aliphatic heterocycles. The lowest BCUT2D eigenvalue weighted by Crippen LogP contribution is -2.10. The largest absolute Gasteiger partial charge is 0.506 e. The molecule has 0 saturated carbocycles. The molecule has 0 spiro atoms. The fourth-order valence-electron chi connectivity index (χ4n) is 1.21. The summed E-state index contributed by atoms with van der Waals surface area (Å²) < 4.78 is 4.85. The van der Waals surface area contributed by atoms with E-state index in [2.05, 4.69) is 0 Å². The Morgan fingerprint density at radius 1 is 1.05 bits per heavy atom. The van der Waals surface area contributed by atoms with E-state index >= 15 is 0 Å². The third-order valence-electron chi connectivity index (χ3n) is 2.28. The van der Waals surface area contributed by atoms with Crippen molar-refractivity contribution in [2.75, 3.05) is 18.6 Å². The van der Waals surface area contributed by atoms with Gasteiger partial charge in [0.25, 0.3) is 0 Å². The summed E-state index contributed by atoms with van der Waals surface area (Å²) in [6, 6.07) is 4.61.